The number of aromatic nitrogens is 1. The lowest BCUT2D eigenvalue weighted by Gasteiger charge is -2.25. The maximum Gasteiger partial charge on any atom is 0.171 e. The van der Waals surface area contributed by atoms with Gasteiger partial charge in [-0.3, -0.25) is 0 Å². The monoisotopic (exact) mass is 906 g/mol. The van der Waals surface area contributed by atoms with E-state index in [4.69, 9.17) is 9.98 Å². The van der Waals surface area contributed by atoms with E-state index in [-0.39, 0.29) is 0 Å². The predicted molar refractivity (Wildman–Crippen MR) is 299 cm³/mol. The van der Waals surface area contributed by atoms with Crippen LogP contribution in [-0.2, 0) is 6.42 Å². The van der Waals surface area contributed by atoms with E-state index in [9.17, 15) is 0 Å². The lowest BCUT2D eigenvalue weighted by Crippen LogP contribution is -2.38. The van der Waals surface area contributed by atoms with Crippen LogP contribution >= 0.6 is 0 Å². The van der Waals surface area contributed by atoms with Gasteiger partial charge in [-0.25, -0.2) is 9.98 Å². The molecule has 2 aliphatic rings. The second-order valence-electron chi connectivity index (χ2n) is 17.0. The number of allylic oxidation sites excluding steroid dienone is 3. The van der Waals surface area contributed by atoms with Crippen molar-refractivity contribution in [3.05, 3.63) is 251 Å². The molecule has 2 aliphatic heterocycles. The van der Waals surface area contributed by atoms with Crippen molar-refractivity contribution in [3.63, 3.8) is 0 Å². The fourth-order valence-electron chi connectivity index (χ4n) is 8.51. The first-order valence-electron chi connectivity index (χ1n) is 24.6. The Labute approximate surface area is 411 Å². The van der Waals surface area contributed by atoms with E-state index < -0.39 is 6.17 Å². The van der Waals surface area contributed by atoms with Gasteiger partial charge in [-0.1, -0.05) is 197 Å². The van der Waals surface area contributed by atoms with Crippen LogP contribution in [0.15, 0.2) is 228 Å². The maximum absolute atomic E-state index is 5.12. The molecule has 1 aromatic heterocycles. The van der Waals surface area contributed by atoms with Crippen molar-refractivity contribution in [1.29, 1.82) is 0 Å². The van der Waals surface area contributed by atoms with Gasteiger partial charge in [0.15, 0.2) is 6.17 Å². The molecule has 0 amide bonds. The number of hydrogen-bond donors (Lipinski definition) is 2. The molecule has 2 N–H and O–H groups in total. The standard InChI is InChI=1S/C53H47N5.C7H8.2C2H6/c1-36(2)15-7-4-12-20-41-31-42(24-23-37(41)3)38-25-28-46(29-26-38)58-49-22-14-13-21-47(49)48-33-43(27-30-50(48)58)44-32-45(35-54-34-44)53-56-51(39-16-8-5-9-17-39)55-52(57-53)40-18-10-6-11-19-40;1-7-5-3-2-4-6-7;2*1-2/h4-6,8-14,16-19,21-33,35,53-54H,1,7,15,20,34H2,2-3H3,(H,55,56,57);2-6H,1H3;2*1-2H3/b12-4-;;;. The summed E-state index contributed by atoms with van der Waals surface area (Å²) in [5.41, 5.74) is 16.7. The van der Waals surface area contributed by atoms with Gasteiger partial charge in [-0.2, -0.15) is 0 Å². The smallest absolute Gasteiger partial charge is 0.171 e. The summed E-state index contributed by atoms with van der Waals surface area (Å²) in [5.74, 6) is 1.62. The number of rotatable bonds is 11. The van der Waals surface area contributed by atoms with E-state index in [1.807, 2.05) is 82.3 Å². The predicted octanol–water partition coefficient (Wildman–Crippen LogP) is 16.0. The molecule has 0 spiro atoms. The summed E-state index contributed by atoms with van der Waals surface area (Å²) in [6.45, 7) is 19.1. The van der Waals surface area contributed by atoms with Crippen molar-refractivity contribution in [3.8, 4) is 16.8 Å². The molecule has 0 unspecified atom stereocenters. The maximum atomic E-state index is 5.12. The Morgan fingerprint density at radius 2 is 1.19 bits per heavy atom. The first-order valence-corrected chi connectivity index (χ1v) is 24.6. The Kier molecular flexibility index (Phi) is 17.3. The molecule has 5 heteroatoms. The van der Waals surface area contributed by atoms with Gasteiger partial charge in [0.1, 0.15) is 11.7 Å². The normalized spacial score (nSPS) is 13.2. The highest BCUT2D eigenvalue weighted by molar-refractivity contribution is 6.16. The van der Waals surface area contributed by atoms with Crippen LogP contribution in [0.25, 0.3) is 44.2 Å². The molecule has 5 nitrogen and oxygen atoms in total. The number of benzene rings is 7. The van der Waals surface area contributed by atoms with Crippen LogP contribution in [0.1, 0.15) is 80.8 Å². The summed E-state index contributed by atoms with van der Waals surface area (Å²) in [5, 5.41) is 9.51. The van der Waals surface area contributed by atoms with E-state index in [2.05, 4.69) is 188 Å². The van der Waals surface area contributed by atoms with Crippen LogP contribution in [0.3, 0.4) is 0 Å². The van der Waals surface area contributed by atoms with Crippen molar-refractivity contribution in [2.24, 2.45) is 9.98 Å². The molecule has 7 aromatic carbocycles. The quantitative estimate of drug-likeness (QED) is 0.127. The SMILES string of the molecule is C=C(C)CC/C=C\Cc1cc(-c2ccc(-n3c4ccccc4c4cc(C5=CC(C6N=C(c7ccccc7)NC(c7ccccc7)=N6)=CNC5)ccc43)cc2)ccc1C.CC.CC.Cc1ccccc1. The van der Waals surface area contributed by atoms with Crippen LogP contribution in [0.5, 0.6) is 0 Å². The van der Waals surface area contributed by atoms with Gasteiger partial charge in [0.25, 0.3) is 0 Å². The minimum Gasteiger partial charge on any atom is -0.386 e. The minimum atomic E-state index is -0.400. The van der Waals surface area contributed by atoms with Crippen molar-refractivity contribution in [1.82, 2.24) is 15.2 Å². The van der Waals surface area contributed by atoms with E-state index >= 15 is 0 Å². The van der Waals surface area contributed by atoms with Crippen LogP contribution in [0.4, 0.5) is 0 Å². The molecule has 0 atom stereocenters. The van der Waals surface area contributed by atoms with Crippen molar-refractivity contribution < 1.29 is 0 Å². The Balaban J connectivity index is 0.000000576. The molecule has 0 fully saturated rings. The van der Waals surface area contributed by atoms with E-state index in [0.717, 1.165) is 59.9 Å². The molecule has 69 heavy (non-hydrogen) atoms. The number of aliphatic imine (C=N–C) groups is 2. The largest absolute Gasteiger partial charge is 0.386 e. The van der Waals surface area contributed by atoms with E-state index in [0.29, 0.717) is 0 Å². The summed E-state index contributed by atoms with van der Waals surface area (Å²) in [6, 6.07) is 62.3. The molecule has 10 rings (SSSR count). The number of amidine groups is 2. The zero-order valence-electron chi connectivity index (χ0n) is 41.5. The third kappa shape index (κ3) is 12.2. The average molecular weight is 906 g/mol. The lowest BCUT2D eigenvalue weighted by atomic mass is 9.97. The number of para-hydroxylation sites is 1. The third-order valence-electron chi connectivity index (χ3n) is 12.1. The Hall–Kier alpha value is -7.76. The first kappa shape index (κ1) is 49.2. The molecule has 0 aliphatic carbocycles. The third-order valence-corrected chi connectivity index (χ3v) is 12.1. The summed E-state index contributed by atoms with van der Waals surface area (Å²) >= 11 is 0. The molecule has 0 radical (unpaired) electrons. The van der Waals surface area contributed by atoms with Crippen LogP contribution in [0, 0.1) is 13.8 Å². The Morgan fingerprint density at radius 1 is 0.609 bits per heavy atom. The van der Waals surface area contributed by atoms with Crippen LogP contribution in [0.2, 0.25) is 0 Å². The van der Waals surface area contributed by atoms with Gasteiger partial charge in [0, 0.05) is 45.9 Å². The van der Waals surface area contributed by atoms with Crippen LogP contribution in [-0.4, -0.2) is 28.9 Å². The molecule has 3 heterocycles. The summed E-state index contributed by atoms with van der Waals surface area (Å²) in [4.78, 5) is 10.2. The number of aryl methyl sites for hydroxylation is 2. The molecule has 8 aromatic rings. The second kappa shape index (κ2) is 24.3. The highest BCUT2D eigenvalue weighted by Crippen LogP contribution is 2.36. The molecule has 0 bridgehead atoms. The number of nitrogens with zero attached hydrogens (tertiary/aromatic N) is 3. The van der Waals surface area contributed by atoms with Gasteiger partial charge < -0.3 is 15.2 Å². The number of dihydropyridines is 1. The molecular weight excluding hydrogens is 839 g/mol. The topological polar surface area (TPSA) is 53.7 Å². The fraction of sp³-hybridized carbons (Fsp3) is 0.188. The van der Waals surface area contributed by atoms with Crippen molar-refractivity contribution >= 4 is 39.1 Å². The molecule has 0 saturated heterocycles. The van der Waals surface area contributed by atoms with Crippen molar-refractivity contribution in [2.75, 3.05) is 6.54 Å². The Morgan fingerprint density at radius 3 is 1.81 bits per heavy atom. The van der Waals surface area contributed by atoms with E-state index in [1.54, 1.807) is 0 Å². The van der Waals surface area contributed by atoms with Gasteiger partial charge in [-0.15, -0.1) is 6.58 Å². The zero-order chi connectivity index (χ0) is 48.5. The van der Waals surface area contributed by atoms with Gasteiger partial charge in [-0.05, 0) is 110 Å². The van der Waals surface area contributed by atoms with E-state index in [1.165, 1.54) is 66.3 Å². The molecule has 0 saturated carbocycles. The highest BCUT2D eigenvalue weighted by atomic mass is 15.2. The molecular formula is C64H67N5. The molecule has 348 valence electrons. The summed E-state index contributed by atoms with van der Waals surface area (Å²) in [6.07, 6.45) is 11.5. The highest BCUT2D eigenvalue weighted by Gasteiger charge is 2.23. The Bertz CT molecular complexity index is 3060. The first-order chi connectivity index (χ1) is 33.9. The van der Waals surface area contributed by atoms with Crippen LogP contribution < -0.4 is 10.6 Å². The number of fused-ring (bicyclic) bond motifs is 3. The van der Waals surface area contributed by atoms with Crippen molar-refractivity contribution in [2.45, 2.75) is 73.9 Å². The lowest BCUT2D eigenvalue weighted by molar-refractivity contribution is 0.793. The fourth-order valence-corrected chi connectivity index (χ4v) is 8.51. The van der Waals surface area contributed by atoms with Gasteiger partial charge in [0.2, 0.25) is 0 Å². The zero-order valence-corrected chi connectivity index (χ0v) is 41.5. The number of nitrogens with one attached hydrogen (secondary N) is 2. The second-order valence-corrected chi connectivity index (χ2v) is 17.0. The summed E-state index contributed by atoms with van der Waals surface area (Å²) in [7, 11) is 0. The average Bonchev–Trinajstić information content (AvgIpc) is 3.74. The summed E-state index contributed by atoms with van der Waals surface area (Å²) < 4.78 is 2.39. The number of hydrogen-bond acceptors (Lipinski definition) is 4. The minimum absolute atomic E-state index is 0.400. The van der Waals surface area contributed by atoms with Gasteiger partial charge in [0.05, 0.1) is 11.0 Å². The van der Waals surface area contributed by atoms with Gasteiger partial charge >= 0.3 is 0 Å².